The first-order valence-electron chi connectivity index (χ1n) is 4.95. The Morgan fingerprint density at radius 2 is 2.41 bits per heavy atom. The smallest absolute Gasteiger partial charge is 0.270 e. The Balaban J connectivity index is 2.62. The summed E-state index contributed by atoms with van der Waals surface area (Å²) in [6.07, 6.45) is 1.47. The van der Waals surface area contributed by atoms with Gasteiger partial charge in [0.1, 0.15) is 0 Å². The van der Waals surface area contributed by atoms with Gasteiger partial charge in [0.05, 0.1) is 11.1 Å². The molecule has 0 fully saturated rings. The van der Waals surface area contributed by atoms with Gasteiger partial charge in [-0.05, 0) is 19.1 Å². The first-order chi connectivity index (χ1) is 8.13. The average Bonchev–Trinajstić information content (AvgIpc) is 2.30. The predicted octanol–water partition coefficient (Wildman–Crippen LogP) is 1.41. The van der Waals surface area contributed by atoms with E-state index < -0.39 is 4.92 Å². The molecule has 1 aromatic rings. The molecule has 0 saturated carbocycles. The molecule has 7 heteroatoms. The van der Waals surface area contributed by atoms with Crippen molar-refractivity contribution in [3.63, 3.8) is 0 Å². The van der Waals surface area contributed by atoms with Crippen LogP contribution < -0.4 is 10.7 Å². The summed E-state index contributed by atoms with van der Waals surface area (Å²) in [4.78, 5) is 10.1. The minimum absolute atomic E-state index is 0.0307. The molecule has 0 unspecified atom stereocenters. The number of hydrogen-bond donors (Lipinski definition) is 2. The second-order valence-corrected chi connectivity index (χ2v) is 3.49. The van der Waals surface area contributed by atoms with E-state index in [0.29, 0.717) is 17.2 Å². The molecule has 0 aliphatic carbocycles. The van der Waals surface area contributed by atoms with Gasteiger partial charge < -0.3 is 5.32 Å². The zero-order valence-electron chi connectivity index (χ0n) is 9.21. The zero-order chi connectivity index (χ0) is 12.7. The molecule has 17 heavy (non-hydrogen) atoms. The van der Waals surface area contributed by atoms with Crippen molar-refractivity contribution >= 4 is 29.2 Å². The fourth-order valence-electron chi connectivity index (χ4n) is 1.08. The molecular weight excluding hydrogens is 240 g/mol. The third-order valence-electron chi connectivity index (χ3n) is 1.80. The SMILES string of the molecule is CCNC(=S)NN=Cc1cccc([N+](=O)[O-])c1. The van der Waals surface area contributed by atoms with Crippen LogP contribution in [0.25, 0.3) is 0 Å². The van der Waals surface area contributed by atoms with Crippen LogP contribution in [-0.4, -0.2) is 22.8 Å². The highest BCUT2D eigenvalue weighted by Gasteiger charge is 2.03. The van der Waals surface area contributed by atoms with Crippen LogP contribution >= 0.6 is 12.2 Å². The van der Waals surface area contributed by atoms with E-state index in [-0.39, 0.29) is 5.69 Å². The highest BCUT2D eigenvalue weighted by atomic mass is 32.1. The van der Waals surface area contributed by atoms with E-state index in [2.05, 4.69) is 15.8 Å². The molecule has 0 saturated heterocycles. The fraction of sp³-hybridized carbons (Fsp3) is 0.200. The summed E-state index contributed by atoms with van der Waals surface area (Å²) in [5.74, 6) is 0. The van der Waals surface area contributed by atoms with Crippen LogP contribution in [0.5, 0.6) is 0 Å². The average molecular weight is 252 g/mol. The maximum Gasteiger partial charge on any atom is 0.270 e. The van der Waals surface area contributed by atoms with E-state index in [9.17, 15) is 10.1 Å². The third-order valence-corrected chi connectivity index (χ3v) is 2.03. The number of hydrogen-bond acceptors (Lipinski definition) is 4. The summed E-state index contributed by atoms with van der Waals surface area (Å²) in [5.41, 5.74) is 3.26. The summed E-state index contributed by atoms with van der Waals surface area (Å²) < 4.78 is 0. The minimum Gasteiger partial charge on any atom is -0.362 e. The molecule has 0 heterocycles. The molecule has 0 aliphatic rings. The zero-order valence-corrected chi connectivity index (χ0v) is 10.0. The normalized spacial score (nSPS) is 10.2. The van der Waals surface area contributed by atoms with Gasteiger partial charge in [0.25, 0.3) is 5.69 Å². The molecule has 0 atom stereocenters. The standard InChI is InChI=1S/C10H12N4O2S/c1-2-11-10(17)13-12-7-8-4-3-5-9(6-8)14(15)16/h3-7H,2H2,1H3,(H2,11,13,17). The first kappa shape index (κ1) is 13.0. The minimum atomic E-state index is -0.450. The van der Waals surface area contributed by atoms with Crippen molar-refractivity contribution in [2.45, 2.75) is 6.92 Å². The molecule has 2 N–H and O–H groups in total. The lowest BCUT2D eigenvalue weighted by atomic mass is 10.2. The Bertz CT molecular complexity index is 448. The maximum atomic E-state index is 10.5. The lowest BCUT2D eigenvalue weighted by molar-refractivity contribution is -0.384. The quantitative estimate of drug-likeness (QED) is 0.366. The second-order valence-electron chi connectivity index (χ2n) is 3.08. The Kier molecular flexibility index (Phi) is 5.02. The summed E-state index contributed by atoms with van der Waals surface area (Å²) in [7, 11) is 0. The number of nitro groups is 1. The number of nitrogens with one attached hydrogen (secondary N) is 2. The Morgan fingerprint density at radius 3 is 3.06 bits per heavy atom. The number of nitro benzene ring substituents is 1. The van der Waals surface area contributed by atoms with E-state index in [0.717, 1.165) is 0 Å². The topological polar surface area (TPSA) is 79.6 Å². The van der Waals surface area contributed by atoms with E-state index in [1.165, 1.54) is 18.3 Å². The molecule has 1 rings (SSSR count). The molecular formula is C10H12N4O2S. The summed E-state index contributed by atoms with van der Waals surface area (Å²) in [5, 5.41) is 17.7. The van der Waals surface area contributed by atoms with Crippen molar-refractivity contribution in [1.29, 1.82) is 0 Å². The lowest BCUT2D eigenvalue weighted by Crippen LogP contribution is -2.31. The molecule has 0 aromatic heterocycles. The Labute approximate surface area is 104 Å². The van der Waals surface area contributed by atoms with Crippen molar-refractivity contribution in [1.82, 2.24) is 10.7 Å². The summed E-state index contributed by atoms with van der Waals surface area (Å²) >= 11 is 4.89. The maximum absolute atomic E-state index is 10.5. The number of nitrogens with zero attached hydrogens (tertiary/aromatic N) is 2. The van der Waals surface area contributed by atoms with Gasteiger partial charge in [0.15, 0.2) is 5.11 Å². The van der Waals surface area contributed by atoms with Crippen LogP contribution in [-0.2, 0) is 0 Å². The molecule has 0 aliphatic heterocycles. The van der Waals surface area contributed by atoms with E-state index in [1.54, 1.807) is 12.1 Å². The molecule has 1 aromatic carbocycles. The van der Waals surface area contributed by atoms with Crippen molar-refractivity contribution in [2.75, 3.05) is 6.54 Å². The second kappa shape index (κ2) is 6.54. The number of hydrazone groups is 1. The van der Waals surface area contributed by atoms with Crippen molar-refractivity contribution in [3.05, 3.63) is 39.9 Å². The molecule has 0 radical (unpaired) electrons. The highest BCUT2D eigenvalue weighted by molar-refractivity contribution is 7.80. The Morgan fingerprint density at radius 1 is 1.65 bits per heavy atom. The largest absolute Gasteiger partial charge is 0.362 e. The Hall–Kier alpha value is -2.02. The van der Waals surface area contributed by atoms with Crippen LogP contribution in [0.2, 0.25) is 0 Å². The predicted molar refractivity (Wildman–Crippen MR) is 70.1 cm³/mol. The van der Waals surface area contributed by atoms with Gasteiger partial charge >= 0.3 is 0 Å². The van der Waals surface area contributed by atoms with E-state index in [4.69, 9.17) is 12.2 Å². The van der Waals surface area contributed by atoms with Crippen molar-refractivity contribution < 1.29 is 4.92 Å². The van der Waals surface area contributed by atoms with Crippen LogP contribution in [0.1, 0.15) is 12.5 Å². The van der Waals surface area contributed by atoms with Crippen molar-refractivity contribution in [2.24, 2.45) is 5.10 Å². The summed E-state index contributed by atoms with van der Waals surface area (Å²) in [6.45, 7) is 2.62. The van der Waals surface area contributed by atoms with Gasteiger partial charge in [-0.3, -0.25) is 15.5 Å². The molecule has 90 valence electrons. The molecule has 0 bridgehead atoms. The molecule has 0 amide bonds. The fourth-order valence-corrected chi connectivity index (χ4v) is 1.28. The third kappa shape index (κ3) is 4.56. The van der Waals surface area contributed by atoms with Gasteiger partial charge in [-0.25, -0.2) is 0 Å². The number of non-ortho nitro benzene ring substituents is 1. The van der Waals surface area contributed by atoms with E-state index in [1.807, 2.05) is 6.92 Å². The van der Waals surface area contributed by atoms with Crippen LogP contribution in [0.4, 0.5) is 5.69 Å². The number of rotatable bonds is 4. The monoisotopic (exact) mass is 252 g/mol. The van der Waals surface area contributed by atoms with E-state index >= 15 is 0 Å². The molecule has 0 spiro atoms. The van der Waals surface area contributed by atoms with Crippen LogP contribution in [0, 0.1) is 10.1 Å². The van der Waals surface area contributed by atoms with Gasteiger partial charge in [-0.2, -0.15) is 5.10 Å². The number of thiocarbonyl (C=S) groups is 1. The van der Waals surface area contributed by atoms with Gasteiger partial charge in [-0.1, -0.05) is 12.1 Å². The van der Waals surface area contributed by atoms with Gasteiger partial charge in [0, 0.05) is 24.2 Å². The lowest BCUT2D eigenvalue weighted by Gasteiger charge is -2.02. The first-order valence-corrected chi connectivity index (χ1v) is 5.35. The van der Waals surface area contributed by atoms with Crippen LogP contribution in [0.15, 0.2) is 29.4 Å². The summed E-state index contributed by atoms with van der Waals surface area (Å²) in [6, 6.07) is 6.17. The highest BCUT2D eigenvalue weighted by Crippen LogP contribution is 2.11. The van der Waals surface area contributed by atoms with Gasteiger partial charge in [0.2, 0.25) is 0 Å². The van der Waals surface area contributed by atoms with Crippen molar-refractivity contribution in [3.8, 4) is 0 Å². The van der Waals surface area contributed by atoms with Crippen LogP contribution in [0.3, 0.4) is 0 Å². The number of benzene rings is 1. The molecule has 6 nitrogen and oxygen atoms in total. The van der Waals surface area contributed by atoms with Gasteiger partial charge in [-0.15, -0.1) is 0 Å².